The fraction of sp³-hybridized carbons (Fsp3) is 0.0909. The van der Waals surface area contributed by atoms with E-state index in [0.717, 1.165) is 5.69 Å². The Bertz CT molecular complexity index is 541. The summed E-state index contributed by atoms with van der Waals surface area (Å²) in [5.41, 5.74) is 1.50. The molecule has 0 saturated carbocycles. The topological polar surface area (TPSA) is 25.8 Å². The van der Waals surface area contributed by atoms with Gasteiger partial charge in [0.25, 0.3) is 0 Å². The van der Waals surface area contributed by atoms with Gasteiger partial charge in [-0.2, -0.15) is 0 Å². The van der Waals surface area contributed by atoms with E-state index in [1.807, 2.05) is 13.0 Å². The number of benzene rings is 1. The molecule has 0 aliphatic carbocycles. The van der Waals surface area contributed by atoms with Crippen molar-refractivity contribution in [2.45, 2.75) is 6.92 Å². The van der Waals surface area contributed by atoms with Gasteiger partial charge in [0.2, 0.25) is 0 Å². The molecule has 2 nitrogen and oxygen atoms in total. The van der Waals surface area contributed by atoms with Gasteiger partial charge in [-0.25, -0.2) is 9.97 Å². The molecule has 0 unspecified atom stereocenters. The molecule has 1 aromatic carbocycles. The van der Waals surface area contributed by atoms with E-state index in [0.29, 0.717) is 26.5 Å². The van der Waals surface area contributed by atoms with E-state index in [4.69, 9.17) is 34.8 Å². The van der Waals surface area contributed by atoms with Crippen molar-refractivity contribution in [3.8, 4) is 11.4 Å². The van der Waals surface area contributed by atoms with Gasteiger partial charge in [-0.05, 0) is 25.1 Å². The minimum absolute atomic E-state index is 0.397. The van der Waals surface area contributed by atoms with Crippen molar-refractivity contribution in [3.05, 3.63) is 45.2 Å². The normalized spacial score (nSPS) is 10.5. The van der Waals surface area contributed by atoms with Crippen LogP contribution >= 0.6 is 34.8 Å². The largest absolute Gasteiger partial charge is 0.237 e. The molecule has 16 heavy (non-hydrogen) atoms. The zero-order valence-corrected chi connectivity index (χ0v) is 10.6. The van der Waals surface area contributed by atoms with Gasteiger partial charge in [0, 0.05) is 22.5 Å². The highest BCUT2D eigenvalue weighted by Gasteiger charge is 2.11. The van der Waals surface area contributed by atoms with Gasteiger partial charge in [0.1, 0.15) is 0 Å². The second kappa shape index (κ2) is 4.58. The Morgan fingerprint density at radius 1 is 1.12 bits per heavy atom. The third kappa shape index (κ3) is 2.29. The number of nitrogens with zero attached hydrogens (tertiary/aromatic N) is 2. The van der Waals surface area contributed by atoms with Crippen LogP contribution in [-0.2, 0) is 0 Å². The maximum absolute atomic E-state index is 6.08. The Kier molecular flexibility index (Phi) is 3.33. The Hall–Kier alpha value is -0.830. The van der Waals surface area contributed by atoms with Crippen molar-refractivity contribution in [1.29, 1.82) is 0 Å². The van der Waals surface area contributed by atoms with Gasteiger partial charge >= 0.3 is 0 Å². The second-order valence-corrected chi connectivity index (χ2v) is 4.49. The number of halogens is 3. The Labute approximate surface area is 108 Å². The summed E-state index contributed by atoms with van der Waals surface area (Å²) in [5, 5.41) is 1.32. The fourth-order valence-electron chi connectivity index (χ4n) is 1.30. The molecule has 5 heteroatoms. The zero-order valence-electron chi connectivity index (χ0n) is 8.34. The molecule has 0 atom stereocenters. The first kappa shape index (κ1) is 11.6. The van der Waals surface area contributed by atoms with Crippen molar-refractivity contribution in [2.75, 3.05) is 0 Å². The fourth-order valence-corrected chi connectivity index (χ4v) is 1.98. The Morgan fingerprint density at radius 3 is 2.56 bits per heavy atom. The van der Waals surface area contributed by atoms with Crippen LogP contribution < -0.4 is 0 Å². The van der Waals surface area contributed by atoms with Crippen molar-refractivity contribution in [1.82, 2.24) is 9.97 Å². The Balaban J connectivity index is 2.64. The quantitative estimate of drug-likeness (QED) is 0.719. The summed E-state index contributed by atoms with van der Waals surface area (Å²) in [6, 6.07) is 5.10. The van der Waals surface area contributed by atoms with E-state index in [9.17, 15) is 0 Å². The average Bonchev–Trinajstić information content (AvgIpc) is 2.23. The predicted molar refractivity (Wildman–Crippen MR) is 67.2 cm³/mol. The van der Waals surface area contributed by atoms with Gasteiger partial charge in [0.05, 0.1) is 10.0 Å². The highest BCUT2D eigenvalue weighted by atomic mass is 35.5. The minimum Gasteiger partial charge on any atom is -0.237 e. The first-order valence-corrected chi connectivity index (χ1v) is 5.66. The summed E-state index contributed by atoms with van der Waals surface area (Å²) < 4.78 is 0. The van der Waals surface area contributed by atoms with E-state index < -0.39 is 0 Å². The van der Waals surface area contributed by atoms with E-state index >= 15 is 0 Å². The molecule has 0 spiro atoms. The molecule has 2 aromatic rings. The van der Waals surface area contributed by atoms with Crippen molar-refractivity contribution in [2.24, 2.45) is 0 Å². The van der Waals surface area contributed by atoms with Crippen LogP contribution in [0.1, 0.15) is 5.69 Å². The third-order valence-electron chi connectivity index (χ3n) is 2.03. The lowest BCUT2D eigenvalue weighted by Crippen LogP contribution is -1.91. The first-order valence-electron chi connectivity index (χ1n) is 4.52. The van der Waals surface area contributed by atoms with Crippen molar-refractivity contribution in [3.63, 3.8) is 0 Å². The smallest absolute Gasteiger partial charge is 0.160 e. The lowest BCUT2D eigenvalue weighted by Gasteiger charge is -2.05. The molecule has 1 aromatic heterocycles. The van der Waals surface area contributed by atoms with Crippen LogP contribution in [0.2, 0.25) is 15.1 Å². The molecule has 0 fully saturated rings. The molecule has 0 saturated heterocycles. The highest BCUT2D eigenvalue weighted by Crippen LogP contribution is 2.34. The molecular formula is C11H7Cl3N2. The predicted octanol–water partition coefficient (Wildman–Crippen LogP) is 4.41. The lowest BCUT2D eigenvalue weighted by molar-refractivity contribution is 1.11. The summed E-state index contributed by atoms with van der Waals surface area (Å²) in [5.74, 6) is 0.523. The first-order chi connectivity index (χ1) is 7.58. The highest BCUT2D eigenvalue weighted by molar-refractivity contribution is 6.44. The van der Waals surface area contributed by atoms with Crippen LogP contribution in [0.3, 0.4) is 0 Å². The molecular weight excluding hydrogens is 266 g/mol. The summed E-state index contributed by atoms with van der Waals surface area (Å²) in [6.07, 6.45) is 1.67. The van der Waals surface area contributed by atoms with Crippen molar-refractivity contribution >= 4 is 34.8 Å². The molecule has 0 amide bonds. The average molecular weight is 274 g/mol. The number of rotatable bonds is 1. The SMILES string of the molecule is Cc1ccnc(-c2cc(Cl)cc(Cl)c2Cl)n1. The van der Waals surface area contributed by atoms with E-state index in [1.54, 1.807) is 18.3 Å². The molecule has 0 bridgehead atoms. The van der Waals surface area contributed by atoms with Crippen LogP contribution in [-0.4, -0.2) is 9.97 Å². The molecule has 1 heterocycles. The Morgan fingerprint density at radius 2 is 1.88 bits per heavy atom. The zero-order chi connectivity index (χ0) is 11.7. The summed E-state index contributed by atoms with van der Waals surface area (Å²) >= 11 is 17.9. The van der Waals surface area contributed by atoms with Gasteiger partial charge in [-0.3, -0.25) is 0 Å². The molecule has 82 valence electrons. The van der Waals surface area contributed by atoms with Crippen LogP contribution in [0.15, 0.2) is 24.4 Å². The van der Waals surface area contributed by atoms with Crippen LogP contribution in [0.5, 0.6) is 0 Å². The van der Waals surface area contributed by atoms with Crippen LogP contribution in [0.25, 0.3) is 11.4 Å². The van der Waals surface area contributed by atoms with Crippen molar-refractivity contribution < 1.29 is 0 Å². The van der Waals surface area contributed by atoms with E-state index in [1.165, 1.54) is 0 Å². The summed E-state index contributed by atoms with van der Waals surface area (Å²) in [7, 11) is 0. The van der Waals surface area contributed by atoms with Gasteiger partial charge in [-0.15, -0.1) is 0 Å². The lowest BCUT2D eigenvalue weighted by atomic mass is 10.2. The minimum atomic E-state index is 0.397. The third-order valence-corrected chi connectivity index (χ3v) is 3.05. The van der Waals surface area contributed by atoms with E-state index in [-0.39, 0.29) is 0 Å². The molecule has 2 rings (SSSR count). The van der Waals surface area contributed by atoms with Gasteiger partial charge < -0.3 is 0 Å². The van der Waals surface area contributed by atoms with Gasteiger partial charge in [0.15, 0.2) is 5.82 Å². The number of aryl methyl sites for hydroxylation is 1. The number of hydrogen-bond acceptors (Lipinski definition) is 2. The van der Waals surface area contributed by atoms with Gasteiger partial charge in [-0.1, -0.05) is 34.8 Å². The second-order valence-electron chi connectivity index (χ2n) is 3.27. The molecule has 0 radical (unpaired) electrons. The molecule has 0 N–H and O–H groups in total. The maximum Gasteiger partial charge on any atom is 0.160 e. The number of aromatic nitrogens is 2. The maximum atomic E-state index is 6.08. The van der Waals surface area contributed by atoms with Crippen LogP contribution in [0.4, 0.5) is 0 Å². The standard InChI is InChI=1S/C11H7Cl3N2/c1-6-2-3-15-11(16-6)8-4-7(12)5-9(13)10(8)14/h2-5H,1H3. The molecule has 0 aliphatic rings. The number of hydrogen-bond donors (Lipinski definition) is 0. The summed E-state index contributed by atoms with van der Waals surface area (Å²) in [4.78, 5) is 8.41. The summed E-state index contributed by atoms with van der Waals surface area (Å²) in [6.45, 7) is 1.88. The van der Waals surface area contributed by atoms with Crippen LogP contribution in [0, 0.1) is 6.92 Å². The van der Waals surface area contributed by atoms with E-state index in [2.05, 4.69) is 9.97 Å². The molecule has 0 aliphatic heterocycles. The monoisotopic (exact) mass is 272 g/mol.